The van der Waals surface area contributed by atoms with Crippen molar-refractivity contribution in [3.63, 3.8) is 0 Å². The van der Waals surface area contributed by atoms with Gasteiger partial charge in [-0.05, 0) is 25.0 Å². The van der Waals surface area contributed by atoms with Crippen LogP contribution < -0.4 is 0 Å². The van der Waals surface area contributed by atoms with E-state index in [0.717, 1.165) is 5.56 Å². The van der Waals surface area contributed by atoms with Crippen LogP contribution in [0.5, 0.6) is 0 Å². The lowest BCUT2D eigenvalue weighted by Crippen LogP contribution is -2.38. The van der Waals surface area contributed by atoms with Crippen molar-refractivity contribution >= 4 is 0 Å². The van der Waals surface area contributed by atoms with Crippen molar-refractivity contribution < 1.29 is 9.63 Å². The van der Waals surface area contributed by atoms with Gasteiger partial charge in [0.2, 0.25) is 11.7 Å². The summed E-state index contributed by atoms with van der Waals surface area (Å²) >= 11 is 0. The summed E-state index contributed by atoms with van der Waals surface area (Å²) in [6.45, 7) is 1.40. The molecule has 2 aromatic rings. The minimum Gasteiger partial charge on any atom is -0.395 e. The predicted octanol–water partition coefficient (Wildman–Crippen LogP) is 2.26. The van der Waals surface area contributed by atoms with Crippen LogP contribution in [-0.4, -0.2) is 44.3 Å². The molecule has 6 heteroatoms. The van der Waals surface area contributed by atoms with Crippen LogP contribution in [0.3, 0.4) is 0 Å². The third-order valence-corrected chi connectivity index (χ3v) is 4.20. The molecule has 118 valence electrons. The Morgan fingerprint density at radius 2 is 2.14 bits per heavy atom. The standard InChI is InChI=1S/C16H22N4O2/c21-10-9-20(14-6-2-1-3-7-14)12-15-18-16(19-22-15)13-5-4-8-17-11-13/h4-5,8,11,14,21H,1-3,6-7,9-10,12H2. The van der Waals surface area contributed by atoms with Crippen molar-refractivity contribution in [2.45, 2.75) is 44.7 Å². The van der Waals surface area contributed by atoms with Crippen LogP contribution in [0.25, 0.3) is 11.4 Å². The van der Waals surface area contributed by atoms with Crippen LogP contribution in [-0.2, 0) is 6.54 Å². The van der Waals surface area contributed by atoms with Crippen LogP contribution >= 0.6 is 0 Å². The molecular weight excluding hydrogens is 280 g/mol. The Morgan fingerprint density at radius 1 is 1.27 bits per heavy atom. The second kappa shape index (κ2) is 7.47. The molecule has 0 radical (unpaired) electrons. The van der Waals surface area contributed by atoms with E-state index in [1.807, 2.05) is 12.1 Å². The summed E-state index contributed by atoms with van der Waals surface area (Å²) in [5, 5.41) is 13.3. The molecule has 1 aliphatic rings. The van der Waals surface area contributed by atoms with Crippen molar-refractivity contribution in [2.75, 3.05) is 13.2 Å². The molecule has 0 atom stereocenters. The predicted molar refractivity (Wildman–Crippen MR) is 81.9 cm³/mol. The average Bonchev–Trinajstić information content (AvgIpc) is 3.05. The highest BCUT2D eigenvalue weighted by Crippen LogP contribution is 2.24. The summed E-state index contributed by atoms with van der Waals surface area (Å²) in [5.74, 6) is 1.16. The smallest absolute Gasteiger partial charge is 0.241 e. The first kappa shape index (κ1) is 15.1. The second-order valence-electron chi connectivity index (χ2n) is 5.74. The van der Waals surface area contributed by atoms with Crippen molar-refractivity contribution in [3.8, 4) is 11.4 Å². The normalized spacial score (nSPS) is 16.3. The van der Waals surface area contributed by atoms with E-state index < -0.39 is 0 Å². The van der Waals surface area contributed by atoms with Gasteiger partial charge in [-0.2, -0.15) is 4.98 Å². The van der Waals surface area contributed by atoms with Crippen LogP contribution in [0, 0.1) is 0 Å². The molecule has 3 rings (SSSR count). The van der Waals surface area contributed by atoms with Crippen LogP contribution in [0.1, 0.15) is 38.0 Å². The molecule has 2 heterocycles. The van der Waals surface area contributed by atoms with E-state index in [1.165, 1.54) is 32.1 Å². The molecule has 0 unspecified atom stereocenters. The van der Waals surface area contributed by atoms with Gasteiger partial charge in [-0.3, -0.25) is 9.88 Å². The van der Waals surface area contributed by atoms with Gasteiger partial charge in [-0.25, -0.2) is 0 Å². The molecule has 0 spiro atoms. The summed E-state index contributed by atoms with van der Waals surface area (Å²) in [6.07, 6.45) is 9.65. The van der Waals surface area contributed by atoms with Gasteiger partial charge >= 0.3 is 0 Å². The molecule has 0 bridgehead atoms. The molecule has 1 fully saturated rings. The van der Waals surface area contributed by atoms with Crippen LogP contribution in [0.2, 0.25) is 0 Å². The molecule has 2 aromatic heterocycles. The number of aromatic nitrogens is 3. The molecule has 1 N–H and O–H groups in total. The Labute approximate surface area is 130 Å². The number of pyridine rings is 1. The maximum absolute atomic E-state index is 9.31. The van der Waals surface area contributed by atoms with E-state index in [0.29, 0.717) is 30.8 Å². The van der Waals surface area contributed by atoms with E-state index in [2.05, 4.69) is 20.0 Å². The van der Waals surface area contributed by atoms with Crippen LogP contribution in [0.15, 0.2) is 29.0 Å². The van der Waals surface area contributed by atoms with E-state index >= 15 is 0 Å². The monoisotopic (exact) mass is 302 g/mol. The largest absolute Gasteiger partial charge is 0.395 e. The molecule has 0 saturated heterocycles. The lowest BCUT2D eigenvalue weighted by atomic mass is 9.94. The number of nitrogens with zero attached hydrogens (tertiary/aromatic N) is 4. The zero-order valence-electron chi connectivity index (χ0n) is 12.7. The minimum absolute atomic E-state index is 0.153. The summed E-state index contributed by atoms with van der Waals surface area (Å²) in [5.41, 5.74) is 0.851. The second-order valence-corrected chi connectivity index (χ2v) is 5.74. The van der Waals surface area contributed by atoms with E-state index in [1.54, 1.807) is 12.4 Å². The van der Waals surface area contributed by atoms with Gasteiger partial charge in [0.15, 0.2) is 0 Å². The average molecular weight is 302 g/mol. The fourth-order valence-electron chi connectivity index (χ4n) is 3.07. The lowest BCUT2D eigenvalue weighted by Gasteiger charge is -2.32. The van der Waals surface area contributed by atoms with Gasteiger partial charge in [0.05, 0.1) is 13.2 Å². The highest BCUT2D eigenvalue weighted by Gasteiger charge is 2.23. The first-order valence-corrected chi connectivity index (χ1v) is 7.94. The maximum Gasteiger partial charge on any atom is 0.241 e. The van der Waals surface area contributed by atoms with Gasteiger partial charge in [0.25, 0.3) is 0 Å². The van der Waals surface area contributed by atoms with Crippen molar-refractivity contribution in [1.29, 1.82) is 0 Å². The zero-order chi connectivity index (χ0) is 15.2. The summed E-state index contributed by atoms with van der Waals surface area (Å²) < 4.78 is 5.37. The highest BCUT2D eigenvalue weighted by molar-refractivity contribution is 5.51. The van der Waals surface area contributed by atoms with Crippen molar-refractivity contribution in [2.24, 2.45) is 0 Å². The first-order valence-electron chi connectivity index (χ1n) is 7.94. The van der Waals surface area contributed by atoms with Gasteiger partial charge in [0.1, 0.15) is 0 Å². The summed E-state index contributed by atoms with van der Waals surface area (Å²) in [6, 6.07) is 4.27. The highest BCUT2D eigenvalue weighted by atomic mass is 16.5. The number of rotatable bonds is 6. The van der Waals surface area contributed by atoms with Gasteiger partial charge < -0.3 is 9.63 Å². The third-order valence-electron chi connectivity index (χ3n) is 4.20. The number of aliphatic hydroxyl groups is 1. The number of hydrogen-bond acceptors (Lipinski definition) is 6. The maximum atomic E-state index is 9.31. The SMILES string of the molecule is OCCN(Cc1nc(-c2cccnc2)no1)C1CCCCC1. The Balaban J connectivity index is 1.69. The van der Waals surface area contributed by atoms with Gasteiger partial charge in [0, 0.05) is 30.5 Å². The third kappa shape index (κ3) is 3.69. The first-order chi connectivity index (χ1) is 10.9. The quantitative estimate of drug-likeness (QED) is 0.882. The molecule has 6 nitrogen and oxygen atoms in total. The molecular formula is C16H22N4O2. The minimum atomic E-state index is 0.153. The molecule has 0 aliphatic heterocycles. The molecule has 1 aliphatic carbocycles. The van der Waals surface area contributed by atoms with Gasteiger partial charge in [-0.1, -0.05) is 24.4 Å². The van der Waals surface area contributed by atoms with Crippen molar-refractivity contribution in [1.82, 2.24) is 20.0 Å². The lowest BCUT2D eigenvalue weighted by molar-refractivity contribution is 0.105. The fourth-order valence-corrected chi connectivity index (χ4v) is 3.07. The Hall–Kier alpha value is -1.79. The van der Waals surface area contributed by atoms with E-state index in [4.69, 9.17) is 4.52 Å². The Morgan fingerprint density at radius 3 is 2.86 bits per heavy atom. The number of hydrogen-bond donors (Lipinski definition) is 1. The van der Waals surface area contributed by atoms with E-state index in [9.17, 15) is 5.11 Å². The van der Waals surface area contributed by atoms with Gasteiger partial charge in [-0.15, -0.1) is 0 Å². The fraction of sp³-hybridized carbons (Fsp3) is 0.562. The zero-order valence-corrected chi connectivity index (χ0v) is 12.7. The Bertz CT molecular complexity index is 567. The Kier molecular flexibility index (Phi) is 5.13. The van der Waals surface area contributed by atoms with Crippen LogP contribution in [0.4, 0.5) is 0 Å². The summed E-state index contributed by atoms with van der Waals surface area (Å²) in [4.78, 5) is 10.8. The van der Waals surface area contributed by atoms with E-state index in [-0.39, 0.29) is 6.61 Å². The number of aliphatic hydroxyl groups excluding tert-OH is 1. The van der Waals surface area contributed by atoms with Crippen molar-refractivity contribution in [3.05, 3.63) is 30.4 Å². The topological polar surface area (TPSA) is 75.3 Å². The summed E-state index contributed by atoms with van der Waals surface area (Å²) in [7, 11) is 0. The molecule has 0 amide bonds. The molecule has 1 saturated carbocycles. The molecule has 22 heavy (non-hydrogen) atoms. The molecule has 0 aromatic carbocycles.